The van der Waals surface area contributed by atoms with Gasteiger partial charge in [0.1, 0.15) is 5.75 Å². The lowest BCUT2D eigenvalue weighted by Crippen LogP contribution is -2.35. The van der Waals surface area contributed by atoms with E-state index in [2.05, 4.69) is 38.7 Å². The maximum atomic E-state index is 11.9. The Hall–Kier alpha value is -1.64. The van der Waals surface area contributed by atoms with Gasteiger partial charge in [0.05, 0.1) is 11.1 Å². The normalized spacial score (nSPS) is 14.3. The van der Waals surface area contributed by atoms with Crippen LogP contribution >= 0.6 is 39.5 Å². The van der Waals surface area contributed by atoms with E-state index in [1.54, 1.807) is 12.1 Å². The zero-order valence-electron chi connectivity index (χ0n) is 15.2. The Labute approximate surface area is 181 Å². The first-order valence-corrected chi connectivity index (χ1v) is 11.8. The van der Waals surface area contributed by atoms with Crippen molar-refractivity contribution in [2.75, 3.05) is 30.0 Å². The summed E-state index contributed by atoms with van der Waals surface area (Å²) in [7, 11) is 0. The van der Waals surface area contributed by atoms with Crippen LogP contribution in [0.3, 0.4) is 0 Å². The van der Waals surface area contributed by atoms with Gasteiger partial charge in [-0.15, -0.1) is 23.5 Å². The van der Waals surface area contributed by atoms with Crippen molar-refractivity contribution >= 4 is 57.0 Å². The van der Waals surface area contributed by atoms with Crippen molar-refractivity contribution in [2.24, 2.45) is 0 Å². The van der Waals surface area contributed by atoms with Gasteiger partial charge in [-0.1, -0.05) is 28.1 Å². The molecule has 0 radical (unpaired) electrons. The number of benzene rings is 2. The molecule has 148 valence electrons. The number of nitrogens with one attached hydrogen (secondary N) is 2. The predicted molar refractivity (Wildman–Crippen MR) is 120 cm³/mol. The van der Waals surface area contributed by atoms with E-state index in [1.807, 2.05) is 47.8 Å². The van der Waals surface area contributed by atoms with Crippen molar-refractivity contribution in [1.29, 1.82) is 0 Å². The molecule has 1 aliphatic rings. The first-order valence-electron chi connectivity index (χ1n) is 8.88. The average molecular weight is 481 g/mol. The molecule has 1 heterocycles. The van der Waals surface area contributed by atoms with Gasteiger partial charge in [0.15, 0.2) is 6.61 Å². The van der Waals surface area contributed by atoms with Crippen LogP contribution in [0.4, 0.5) is 5.69 Å². The number of anilines is 1. The van der Waals surface area contributed by atoms with Crippen LogP contribution in [0.2, 0.25) is 0 Å². The first-order chi connectivity index (χ1) is 13.6. The maximum Gasteiger partial charge on any atom is 0.258 e. The SMILES string of the molecule is O=C(COc1ccc(C2SCCCS2)cc1)NCC(=O)Nc1ccc(Br)cc1. The Balaban J connectivity index is 1.37. The number of hydrogen-bond acceptors (Lipinski definition) is 5. The van der Waals surface area contributed by atoms with Crippen LogP contribution < -0.4 is 15.4 Å². The summed E-state index contributed by atoms with van der Waals surface area (Å²) in [6, 6.07) is 15.1. The summed E-state index contributed by atoms with van der Waals surface area (Å²) < 4.78 is 6.92. The first kappa shape index (κ1) is 21.1. The highest BCUT2D eigenvalue weighted by Crippen LogP contribution is 2.43. The van der Waals surface area contributed by atoms with Crippen LogP contribution in [0.5, 0.6) is 5.75 Å². The van der Waals surface area contributed by atoms with E-state index in [9.17, 15) is 9.59 Å². The number of ether oxygens (including phenoxy) is 1. The van der Waals surface area contributed by atoms with Gasteiger partial charge < -0.3 is 15.4 Å². The number of carbonyl (C=O) groups is 2. The van der Waals surface area contributed by atoms with Crippen LogP contribution in [0, 0.1) is 0 Å². The molecule has 8 heteroatoms. The van der Waals surface area contributed by atoms with Crippen molar-refractivity contribution in [3.8, 4) is 5.75 Å². The van der Waals surface area contributed by atoms with Gasteiger partial charge >= 0.3 is 0 Å². The molecule has 5 nitrogen and oxygen atoms in total. The Morgan fingerprint density at radius 1 is 1.00 bits per heavy atom. The molecule has 0 spiro atoms. The second-order valence-corrected chi connectivity index (χ2v) is 9.76. The standard InChI is InChI=1S/C20H21BrN2O3S2/c21-15-4-6-16(7-5-15)23-18(24)12-22-19(25)13-26-17-8-2-14(3-9-17)20-27-10-1-11-28-20/h2-9,20H,1,10-13H2,(H,22,25)(H,23,24). The summed E-state index contributed by atoms with van der Waals surface area (Å²) >= 11 is 7.27. The maximum absolute atomic E-state index is 11.9. The average Bonchev–Trinajstić information content (AvgIpc) is 2.73. The number of hydrogen-bond donors (Lipinski definition) is 2. The molecule has 2 amide bonds. The lowest BCUT2D eigenvalue weighted by molar-refractivity contribution is -0.125. The minimum atomic E-state index is -0.339. The fraction of sp³-hybridized carbons (Fsp3) is 0.300. The zero-order chi connectivity index (χ0) is 19.8. The molecule has 1 aliphatic heterocycles. The number of thioether (sulfide) groups is 2. The van der Waals surface area contributed by atoms with E-state index < -0.39 is 0 Å². The molecule has 0 aromatic heterocycles. The quantitative estimate of drug-likeness (QED) is 0.612. The van der Waals surface area contributed by atoms with Gasteiger partial charge in [-0.3, -0.25) is 9.59 Å². The minimum absolute atomic E-state index is 0.104. The molecule has 2 aromatic rings. The summed E-state index contributed by atoms with van der Waals surface area (Å²) in [5, 5.41) is 5.27. The molecule has 0 aliphatic carbocycles. The van der Waals surface area contributed by atoms with Gasteiger partial charge in [0.2, 0.25) is 5.91 Å². The fourth-order valence-corrected chi connectivity index (χ4v) is 5.68. The van der Waals surface area contributed by atoms with Gasteiger partial charge in [0, 0.05) is 10.2 Å². The van der Waals surface area contributed by atoms with E-state index in [0.29, 0.717) is 16.0 Å². The van der Waals surface area contributed by atoms with Crippen molar-refractivity contribution in [3.05, 3.63) is 58.6 Å². The molecule has 0 bridgehead atoms. The minimum Gasteiger partial charge on any atom is -0.484 e. The molecule has 28 heavy (non-hydrogen) atoms. The molecule has 3 rings (SSSR count). The summed E-state index contributed by atoms with van der Waals surface area (Å²) in [6.45, 7) is -0.231. The number of carbonyl (C=O) groups excluding carboxylic acids is 2. The Bertz CT molecular complexity index is 794. The summed E-state index contributed by atoms with van der Waals surface area (Å²) in [4.78, 5) is 23.8. The molecule has 1 saturated heterocycles. The van der Waals surface area contributed by atoms with Gasteiger partial charge in [-0.05, 0) is 59.9 Å². The summed E-state index contributed by atoms with van der Waals surface area (Å²) in [6.07, 6.45) is 1.27. The highest BCUT2D eigenvalue weighted by molar-refractivity contribution is 9.10. The summed E-state index contributed by atoms with van der Waals surface area (Å²) in [5.41, 5.74) is 1.95. The Morgan fingerprint density at radius 3 is 2.36 bits per heavy atom. The highest BCUT2D eigenvalue weighted by Gasteiger charge is 2.16. The molecule has 0 unspecified atom stereocenters. The third-order valence-electron chi connectivity index (χ3n) is 3.92. The van der Waals surface area contributed by atoms with E-state index in [0.717, 1.165) is 4.47 Å². The van der Waals surface area contributed by atoms with E-state index >= 15 is 0 Å². The Morgan fingerprint density at radius 2 is 1.68 bits per heavy atom. The van der Waals surface area contributed by atoms with Crippen LogP contribution in [0.1, 0.15) is 16.6 Å². The monoisotopic (exact) mass is 480 g/mol. The topological polar surface area (TPSA) is 67.4 Å². The molecular weight excluding hydrogens is 460 g/mol. The zero-order valence-corrected chi connectivity index (χ0v) is 18.4. The second kappa shape index (κ2) is 10.8. The third-order valence-corrected chi connectivity index (χ3v) is 7.47. The molecule has 0 atom stereocenters. The smallest absolute Gasteiger partial charge is 0.258 e. The number of amides is 2. The molecule has 0 saturated carbocycles. The Kier molecular flexibility index (Phi) is 8.12. The molecule has 2 aromatic carbocycles. The van der Waals surface area contributed by atoms with Crippen LogP contribution in [0.15, 0.2) is 53.0 Å². The lowest BCUT2D eigenvalue weighted by atomic mass is 10.2. The van der Waals surface area contributed by atoms with Crippen molar-refractivity contribution in [1.82, 2.24) is 5.32 Å². The molecule has 1 fully saturated rings. The van der Waals surface area contributed by atoms with E-state index in [1.165, 1.54) is 23.5 Å². The van der Waals surface area contributed by atoms with Crippen LogP contribution in [-0.4, -0.2) is 36.5 Å². The third kappa shape index (κ3) is 6.76. The largest absolute Gasteiger partial charge is 0.484 e. The molecule has 2 N–H and O–H groups in total. The number of halogens is 1. The lowest BCUT2D eigenvalue weighted by Gasteiger charge is -2.21. The van der Waals surface area contributed by atoms with Crippen molar-refractivity contribution in [3.63, 3.8) is 0 Å². The van der Waals surface area contributed by atoms with E-state index in [-0.39, 0.29) is 25.0 Å². The second-order valence-electron chi connectivity index (χ2n) is 6.12. The molecular formula is C20H21BrN2O3S2. The van der Waals surface area contributed by atoms with Crippen molar-refractivity contribution in [2.45, 2.75) is 11.0 Å². The van der Waals surface area contributed by atoms with Crippen molar-refractivity contribution < 1.29 is 14.3 Å². The predicted octanol–water partition coefficient (Wildman–Crippen LogP) is 4.45. The summed E-state index contributed by atoms with van der Waals surface area (Å²) in [5.74, 6) is 2.41. The van der Waals surface area contributed by atoms with Gasteiger partial charge in [0.25, 0.3) is 5.91 Å². The highest BCUT2D eigenvalue weighted by atomic mass is 79.9. The van der Waals surface area contributed by atoms with Crippen LogP contribution in [0.25, 0.3) is 0 Å². The van der Waals surface area contributed by atoms with E-state index in [4.69, 9.17) is 4.74 Å². The van der Waals surface area contributed by atoms with Gasteiger partial charge in [-0.2, -0.15) is 0 Å². The van der Waals surface area contributed by atoms with Crippen LogP contribution in [-0.2, 0) is 9.59 Å². The number of rotatable bonds is 7. The fourth-order valence-electron chi connectivity index (χ4n) is 2.52. The van der Waals surface area contributed by atoms with Gasteiger partial charge in [-0.25, -0.2) is 0 Å².